The average Bonchev–Trinajstić information content (AvgIpc) is 3.26. The molecule has 0 atom stereocenters. The third-order valence-corrected chi connectivity index (χ3v) is 7.58. The number of aliphatic hydroxyl groups excluding tert-OH is 1. The molecule has 0 unspecified atom stereocenters. The Morgan fingerprint density at radius 2 is 2.00 bits per heavy atom. The summed E-state index contributed by atoms with van der Waals surface area (Å²) in [7, 11) is 1.65. The summed E-state index contributed by atoms with van der Waals surface area (Å²) in [6, 6.07) is 11.3. The van der Waals surface area contributed by atoms with E-state index in [1.807, 2.05) is 42.2 Å². The fourth-order valence-electron chi connectivity index (χ4n) is 5.50. The predicted molar refractivity (Wildman–Crippen MR) is 148 cm³/mol. The van der Waals surface area contributed by atoms with E-state index in [4.69, 9.17) is 9.15 Å². The van der Waals surface area contributed by atoms with E-state index in [1.165, 1.54) is 0 Å². The summed E-state index contributed by atoms with van der Waals surface area (Å²) in [5, 5.41) is 23.2. The lowest BCUT2D eigenvalue weighted by molar-refractivity contribution is 0.177. The Morgan fingerprint density at radius 3 is 2.79 bits per heavy atom. The Morgan fingerprint density at radius 1 is 1.18 bits per heavy atom. The predicted octanol–water partition coefficient (Wildman–Crippen LogP) is 3.12. The molecule has 2 aromatic heterocycles. The number of hydrogen-bond donors (Lipinski definition) is 2. The number of rotatable bonds is 4. The second-order valence-electron chi connectivity index (χ2n) is 10.0. The number of aromatic nitrogens is 3. The zero-order chi connectivity index (χ0) is 27.1. The molecule has 1 fully saturated rings. The van der Waals surface area contributed by atoms with Crippen molar-refractivity contribution >= 4 is 41.0 Å². The topological polar surface area (TPSA) is 117 Å². The number of benzene rings is 2. The molecule has 0 saturated carbocycles. The Kier molecular flexibility index (Phi) is 6.30. The number of fused-ring (bicyclic) bond motifs is 2. The van der Waals surface area contributed by atoms with Crippen molar-refractivity contribution in [2.45, 2.75) is 32.2 Å². The highest BCUT2D eigenvalue weighted by atomic mass is 16.5. The highest BCUT2D eigenvalue weighted by Gasteiger charge is 2.30. The molecule has 0 spiro atoms. The Hall–Kier alpha value is -4.60. The van der Waals surface area contributed by atoms with E-state index in [1.54, 1.807) is 19.4 Å². The standard InChI is InChI=1S/C29H30N6O4/c1-17-12-20(14-25-27(17)31-18(2)39-25)28(36)21-15-26(33-30-16-21)34-9-7-22(8-10-34)35-11-6-19-13-23(38-3)4-5-24(19)32-29(35)37/h4-5,12-16,22,36H,2,6-11H2,1,3H3,(H,32,37). The first kappa shape index (κ1) is 24.7. The van der Waals surface area contributed by atoms with Gasteiger partial charge in [-0.15, -0.1) is 5.10 Å². The minimum absolute atomic E-state index is 0.0660. The summed E-state index contributed by atoms with van der Waals surface area (Å²) in [5.74, 6) is 1.57. The van der Waals surface area contributed by atoms with Crippen molar-refractivity contribution in [2.75, 3.05) is 37.0 Å². The van der Waals surface area contributed by atoms with E-state index >= 15 is 0 Å². The molecule has 10 heteroatoms. The SMILES string of the molecule is C=c1nc2c(C)cc(=C(O)c3cnnc(N4CCC(N5CCc6cc(OC)ccc6NC5=O)CC4)c3)cc2o1. The largest absolute Gasteiger partial charge is 0.507 e. The average molecular weight is 527 g/mol. The van der Waals surface area contributed by atoms with Gasteiger partial charge in [0.1, 0.15) is 17.0 Å². The van der Waals surface area contributed by atoms with Gasteiger partial charge in [0.05, 0.1) is 13.3 Å². The number of carbonyl (C=O) groups is 1. The number of carbonyl (C=O) groups excluding carboxylic acids is 1. The van der Waals surface area contributed by atoms with Crippen molar-refractivity contribution in [3.05, 3.63) is 70.0 Å². The minimum atomic E-state index is -0.0660. The van der Waals surface area contributed by atoms with Crippen LogP contribution in [-0.2, 0) is 6.42 Å². The lowest BCUT2D eigenvalue weighted by Gasteiger charge is -2.38. The van der Waals surface area contributed by atoms with Crippen molar-refractivity contribution in [3.63, 3.8) is 0 Å². The van der Waals surface area contributed by atoms with E-state index in [-0.39, 0.29) is 17.8 Å². The molecule has 10 nitrogen and oxygen atoms in total. The van der Waals surface area contributed by atoms with Gasteiger partial charge in [-0.2, -0.15) is 5.10 Å². The number of aryl methyl sites for hydroxylation is 1. The van der Waals surface area contributed by atoms with Crippen LogP contribution in [-0.4, -0.2) is 64.0 Å². The zero-order valence-electron chi connectivity index (χ0n) is 22.0. The Labute approximate surface area is 225 Å². The maximum absolute atomic E-state index is 13.0. The van der Waals surface area contributed by atoms with Gasteiger partial charge in [-0.25, -0.2) is 9.78 Å². The molecule has 0 radical (unpaired) electrons. The number of amides is 2. The van der Waals surface area contributed by atoms with Crippen LogP contribution >= 0.6 is 0 Å². The minimum Gasteiger partial charge on any atom is -0.507 e. The molecule has 0 bridgehead atoms. The van der Waals surface area contributed by atoms with Crippen LogP contribution in [0.1, 0.15) is 29.5 Å². The Bertz CT molecular complexity index is 1680. The van der Waals surface area contributed by atoms with Crippen molar-refractivity contribution in [3.8, 4) is 5.75 Å². The smallest absolute Gasteiger partial charge is 0.322 e. The van der Waals surface area contributed by atoms with Gasteiger partial charge >= 0.3 is 6.03 Å². The molecule has 2 aliphatic rings. The van der Waals surface area contributed by atoms with Crippen LogP contribution in [0.5, 0.6) is 5.75 Å². The molecular weight excluding hydrogens is 496 g/mol. The van der Waals surface area contributed by atoms with Crippen molar-refractivity contribution in [1.29, 1.82) is 0 Å². The third kappa shape index (κ3) is 4.73. The maximum atomic E-state index is 13.0. The molecule has 2 aliphatic heterocycles. The van der Waals surface area contributed by atoms with E-state index in [2.05, 4.69) is 32.0 Å². The molecule has 2 amide bonds. The lowest BCUT2D eigenvalue weighted by Crippen LogP contribution is -2.49. The number of piperidine rings is 1. The van der Waals surface area contributed by atoms with Gasteiger partial charge in [-0.05, 0) is 80.3 Å². The fourth-order valence-corrected chi connectivity index (χ4v) is 5.50. The summed E-state index contributed by atoms with van der Waals surface area (Å²) in [6.45, 7) is 7.78. The molecule has 2 aromatic carbocycles. The van der Waals surface area contributed by atoms with E-state index < -0.39 is 0 Å². The normalized spacial score (nSPS) is 17.0. The van der Waals surface area contributed by atoms with Crippen LogP contribution in [0, 0.1) is 6.92 Å². The number of nitrogens with zero attached hydrogens (tertiary/aromatic N) is 5. The van der Waals surface area contributed by atoms with Gasteiger partial charge < -0.3 is 29.4 Å². The van der Waals surface area contributed by atoms with Gasteiger partial charge in [0.25, 0.3) is 0 Å². The number of ether oxygens (including phenoxy) is 1. The number of aliphatic hydroxyl groups is 1. The van der Waals surface area contributed by atoms with Crippen LogP contribution in [0.15, 0.2) is 47.0 Å². The maximum Gasteiger partial charge on any atom is 0.322 e. The molecule has 4 heterocycles. The summed E-state index contributed by atoms with van der Waals surface area (Å²) in [5.41, 5.74) is 5.01. The van der Waals surface area contributed by atoms with E-state index in [0.717, 1.165) is 60.4 Å². The van der Waals surface area contributed by atoms with Crippen LogP contribution in [0.25, 0.3) is 23.4 Å². The first-order chi connectivity index (χ1) is 18.9. The number of hydrogen-bond acceptors (Lipinski definition) is 8. The fraction of sp³-hybridized carbons (Fsp3) is 0.310. The first-order valence-corrected chi connectivity index (χ1v) is 13.0. The number of oxazole rings is 1. The van der Waals surface area contributed by atoms with E-state index in [0.29, 0.717) is 34.3 Å². The van der Waals surface area contributed by atoms with Gasteiger partial charge in [-0.1, -0.05) is 0 Å². The number of nitrogens with one attached hydrogen (secondary N) is 1. The number of anilines is 2. The van der Waals surface area contributed by atoms with Crippen molar-refractivity contribution in [1.82, 2.24) is 20.1 Å². The van der Waals surface area contributed by atoms with Crippen molar-refractivity contribution in [2.24, 2.45) is 0 Å². The van der Waals surface area contributed by atoms with Crippen LogP contribution in [0.2, 0.25) is 0 Å². The summed E-state index contributed by atoms with van der Waals surface area (Å²) in [4.78, 5) is 21.4. The molecule has 4 aromatic rings. The van der Waals surface area contributed by atoms with E-state index in [9.17, 15) is 9.90 Å². The van der Waals surface area contributed by atoms with Crippen LogP contribution in [0.3, 0.4) is 0 Å². The molecule has 200 valence electrons. The molecule has 6 rings (SSSR count). The van der Waals surface area contributed by atoms with Gasteiger partial charge in [0, 0.05) is 42.1 Å². The number of urea groups is 1. The molecule has 1 saturated heterocycles. The molecular formula is C29H30N6O4. The van der Waals surface area contributed by atoms with Gasteiger partial charge in [-0.3, -0.25) is 0 Å². The second kappa shape index (κ2) is 9.94. The number of methoxy groups -OCH3 is 1. The highest BCUT2D eigenvalue weighted by molar-refractivity contribution is 5.91. The van der Waals surface area contributed by atoms with Gasteiger partial charge in [0.15, 0.2) is 11.4 Å². The lowest BCUT2D eigenvalue weighted by atomic mass is 10.0. The summed E-state index contributed by atoms with van der Waals surface area (Å²) < 4.78 is 10.9. The molecule has 0 aliphatic carbocycles. The Balaban J connectivity index is 1.17. The van der Waals surface area contributed by atoms with Crippen molar-refractivity contribution < 1.29 is 19.1 Å². The van der Waals surface area contributed by atoms with Crippen LogP contribution < -0.4 is 25.7 Å². The monoisotopic (exact) mass is 526 g/mol. The summed E-state index contributed by atoms with van der Waals surface area (Å²) >= 11 is 0. The first-order valence-electron chi connectivity index (χ1n) is 13.0. The quantitative estimate of drug-likeness (QED) is 0.417. The van der Waals surface area contributed by atoms with Gasteiger partial charge in [0.2, 0.25) is 5.55 Å². The second-order valence-corrected chi connectivity index (χ2v) is 10.0. The van der Waals surface area contributed by atoms with Crippen LogP contribution in [0.4, 0.5) is 16.3 Å². The summed E-state index contributed by atoms with van der Waals surface area (Å²) in [6.07, 6.45) is 3.93. The third-order valence-electron chi connectivity index (χ3n) is 7.58. The molecule has 2 N–H and O–H groups in total. The highest BCUT2D eigenvalue weighted by Crippen LogP contribution is 2.28. The molecule has 39 heavy (non-hydrogen) atoms. The zero-order valence-corrected chi connectivity index (χ0v) is 22.0.